The first kappa shape index (κ1) is 14.2. The zero-order valence-electron chi connectivity index (χ0n) is 11.0. The van der Waals surface area contributed by atoms with Crippen LogP contribution in [-0.2, 0) is 22.6 Å². The number of rotatable bonds is 9. The third-order valence-corrected chi connectivity index (χ3v) is 2.30. The van der Waals surface area contributed by atoms with Crippen LogP contribution in [0.5, 0.6) is 0 Å². The van der Waals surface area contributed by atoms with Gasteiger partial charge in [-0.05, 0) is 12.5 Å². The summed E-state index contributed by atoms with van der Waals surface area (Å²) in [7, 11) is 1.69. The molecule has 98 valence electrons. The van der Waals surface area contributed by atoms with Gasteiger partial charge in [0, 0.05) is 38.5 Å². The van der Waals surface area contributed by atoms with E-state index < -0.39 is 0 Å². The topological polar surface area (TPSA) is 43.6 Å². The van der Waals surface area contributed by atoms with E-state index in [4.69, 9.17) is 13.9 Å². The lowest BCUT2D eigenvalue weighted by molar-refractivity contribution is 0.0827. The van der Waals surface area contributed by atoms with Gasteiger partial charge in [0.25, 0.3) is 0 Å². The number of furan rings is 1. The Morgan fingerprint density at radius 1 is 1.35 bits per heavy atom. The van der Waals surface area contributed by atoms with Gasteiger partial charge in [-0.25, -0.2) is 0 Å². The van der Waals surface area contributed by atoms with Crippen LogP contribution >= 0.6 is 0 Å². The van der Waals surface area contributed by atoms with Crippen molar-refractivity contribution < 1.29 is 13.9 Å². The number of methoxy groups -OCH3 is 1. The van der Waals surface area contributed by atoms with Crippen LogP contribution in [0, 0.1) is 0 Å². The molecule has 0 radical (unpaired) electrons. The molecule has 0 spiro atoms. The molecule has 0 fully saturated rings. The molecular formula is C13H23NO3. The molecule has 17 heavy (non-hydrogen) atoms. The van der Waals surface area contributed by atoms with Crippen molar-refractivity contribution in [3.05, 3.63) is 23.7 Å². The minimum Gasteiger partial charge on any atom is -0.467 e. The van der Waals surface area contributed by atoms with E-state index in [0.717, 1.165) is 30.9 Å². The molecule has 0 saturated heterocycles. The molecule has 0 bridgehead atoms. The molecule has 1 heterocycles. The number of hydrogen-bond donors (Lipinski definition) is 1. The van der Waals surface area contributed by atoms with Crippen molar-refractivity contribution in [2.75, 3.05) is 20.3 Å². The first-order chi connectivity index (χ1) is 8.22. The van der Waals surface area contributed by atoms with Gasteiger partial charge in [0.05, 0.1) is 6.26 Å². The van der Waals surface area contributed by atoms with E-state index in [1.54, 1.807) is 13.4 Å². The third kappa shape index (κ3) is 6.46. The van der Waals surface area contributed by atoms with E-state index in [0.29, 0.717) is 19.3 Å². The lowest BCUT2D eigenvalue weighted by atomic mass is 10.3. The maximum absolute atomic E-state index is 5.47. The maximum Gasteiger partial charge on any atom is 0.129 e. The van der Waals surface area contributed by atoms with Gasteiger partial charge >= 0.3 is 0 Å². The predicted octanol–water partition coefficient (Wildman–Crippen LogP) is 2.33. The largest absolute Gasteiger partial charge is 0.467 e. The molecule has 1 N–H and O–H groups in total. The molecule has 0 unspecified atom stereocenters. The van der Waals surface area contributed by atoms with Crippen LogP contribution in [0.2, 0.25) is 0 Å². The predicted molar refractivity (Wildman–Crippen MR) is 66.8 cm³/mol. The smallest absolute Gasteiger partial charge is 0.129 e. The minimum absolute atomic E-state index is 0.485. The van der Waals surface area contributed by atoms with Crippen molar-refractivity contribution in [1.29, 1.82) is 0 Å². The lowest BCUT2D eigenvalue weighted by Crippen LogP contribution is -2.21. The summed E-state index contributed by atoms with van der Waals surface area (Å²) >= 11 is 0. The minimum atomic E-state index is 0.485. The quantitative estimate of drug-likeness (QED) is 0.674. The van der Waals surface area contributed by atoms with E-state index in [1.165, 1.54) is 0 Å². The zero-order chi connectivity index (χ0) is 12.5. The standard InChI is InChI=1S/C13H23NO3/c1-11(2)14-8-12-7-13(17-9-12)10-16-6-4-5-15-3/h7,9,11,14H,4-6,8,10H2,1-3H3. The Hall–Kier alpha value is -0.840. The van der Waals surface area contributed by atoms with Crippen molar-refractivity contribution in [3.8, 4) is 0 Å². The van der Waals surface area contributed by atoms with Gasteiger partial charge in [0.1, 0.15) is 12.4 Å². The summed E-state index contributed by atoms with van der Waals surface area (Å²) < 4.78 is 15.8. The maximum atomic E-state index is 5.47. The first-order valence-corrected chi connectivity index (χ1v) is 6.08. The van der Waals surface area contributed by atoms with E-state index in [1.807, 2.05) is 6.07 Å². The Labute approximate surface area is 103 Å². The van der Waals surface area contributed by atoms with Crippen molar-refractivity contribution in [2.24, 2.45) is 0 Å². The summed E-state index contributed by atoms with van der Waals surface area (Å²) in [6, 6.07) is 2.52. The first-order valence-electron chi connectivity index (χ1n) is 6.08. The fourth-order valence-corrected chi connectivity index (χ4v) is 1.39. The number of ether oxygens (including phenoxy) is 2. The molecule has 4 nitrogen and oxygen atoms in total. The van der Waals surface area contributed by atoms with Crippen molar-refractivity contribution in [2.45, 2.75) is 39.5 Å². The number of nitrogens with one attached hydrogen (secondary N) is 1. The van der Waals surface area contributed by atoms with E-state index >= 15 is 0 Å². The molecule has 0 aliphatic heterocycles. The Morgan fingerprint density at radius 2 is 2.18 bits per heavy atom. The van der Waals surface area contributed by atoms with E-state index in [2.05, 4.69) is 19.2 Å². The second kappa shape index (κ2) is 8.28. The molecule has 0 aromatic carbocycles. The summed E-state index contributed by atoms with van der Waals surface area (Å²) in [6.07, 6.45) is 2.70. The molecule has 4 heteroatoms. The highest BCUT2D eigenvalue weighted by Gasteiger charge is 2.02. The number of hydrogen-bond acceptors (Lipinski definition) is 4. The van der Waals surface area contributed by atoms with Gasteiger partial charge in [-0.3, -0.25) is 0 Å². The second-order valence-electron chi connectivity index (χ2n) is 4.36. The van der Waals surface area contributed by atoms with Gasteiger partial charge < -0.3 is 19.2 Å². The fourth-order valence-electron chi connectivity index (χ4n) is 1.39. The normalized spacial score (nSPS) is 11.3. The van der Waals surface area contributed by atoms with Crippen LogP contribution in [0.3, 0.4) is 0 Å². The molecule has 0 saturated carbocycles. The molecule has 0 amide bonds. The third-order valence-electron chi connectivity index (χ3n) is 2.30. The average Bonchev–Trinajstić information content (AvgIpc) is 2.74. The van der Waals surface area contributed by atoms with Crippen LogP contribution in [0.25, 0.3) is 0 Å². The van der Waals surface area contributed by atoms with Gasteiger partial charge in [-0.2, -0.15) is 0 Å². The summed E-state index contributed by atoms with van der Waals surface area (Å²) in [5.74, 6) is 0.878. The fraction of sp³-hybridized carbons (Fsp3) is 0.692. The highest BCUT2D eigenvalue weighted by molar-refractivity contribution is 5.12. The highest BCUT2D eigenvalue weighted by atomic mass is 16.5. The van der Waals surface area contributed by atoms with Gasteiger partial charge in [0.2, 0.25) is 0 Å². The van der Waals surface area contributed by atoms with Crippen LogP contribution < -0.4 is 5.32 Å². The summed E-state index contributed by atoms with van der Waals surface area (Å²) in [6.45, 7) is 7.06. The summed E-state index contributed by atoms with van der Waals surface area (Å²) in [4.78, 5) is 0. The second-order valence-corrected chi connectivity index (χ2v) is 4.36. The van der Waals surface area contributed by atoms with E-state index in [9.17, 15) is 0 Å². The monoisotopic (exact) mass is 241 g/mol. The van der Waals surface area contributed by atoms with Crippen LogP contribution in [-0.4, -0.2) is 26.4 Å². The Kier molecular flexibility index (Phi) is 6.93. The molecule has 1 aromatic rings. The molecular weight excluding hydrogens is 218 g/mol. The van der Waals surface area contributed by atoms with Gasteiger partial charge in [0.15, 0.2) is 0 Å². The van der Waals surface area contributed by atoms with Crippen LogP contribution in [0.4, 0.5) is 0 Å². The molecule has 0 aliphatic carbocycles. The van der Waals surface area contributed by atoms with Gasteiger partial charge in [-0.15, -0.1) is 0 Å². The zero-order valence-corrected chi connectivity index (χ0v) is 11.0. The molecule has 1 aromatic heterocycles. The summed E-state index contributed by atoms with van der Waals surface area (Å²) in [5.41, 5.74) is 1.16. The average molecular weight is 241 g/mol. The molecule has 0 aliphatic rings. The van der Waals surface area contributed by atoms with Crippen molar-refractivity contribution in [1.82, 2.24) is 5.32 Å². The summed E-state index contributed by atoms with van der Waals surface area (Å²) in [5, 5.41) is 3.34. The van der Waals surface area contributed by atoms with Crippen LogP contribution in [0.15, 0.2) is 16.7 Å². The Balaban J connectivity index is 2.17. The van der Waals surface area contributed by atoms with Gasteiger partial charge in [-0.1, -0.05) is 13.8 Å². The Morgan fingerprint density at radius 3 is 2.88 bits per heavy atom. The lowest BCUT2D eigenvalue weighted by Gasteiger charge is -2.04. The highest BCUT2D eigenvalue weighted by Crippen LogP contribution is 2.09. The van der Waals surface area contributed by atoms with Crippen LogP contribution in [0.1, 0.15) is 31.6 Å². The molecule has 0 atom stereocenters. The Bertz CT molecular complexity index is 297. The molecule has 1 rings (SSSR count). The van der Waals surface area contributed by atoms with Crippen molar-refractivity contribution >= 4 is 0 Å². The van der Waals surface area contributed by atoms with Crippen molar-refractivity contribution in [3.63, 3.8) is 0 Å². The van der Waals surface area contributed by atoms with E-state index in [-0.39, 0.29) is 0 Å². The SMILES string of the molecule is COCCCOCc1cc(CNC(C)C)co1.